The van der Waals surface area contributed by atoms with Crippen LogP contribution in [0.2, 0.25) is 0 Å². The minimum atomic E-state index is 0. The third kappa shape index (κ3) is 5.61. The number of rotatable bonds is 7. The molecule has 0 aliphatic carbocycles. The van der Waals surface area contributed by atoms with Crippen LogP contribution in [0.5, 0.6) is 0 Å². The highest BCUT2D eigenvalue weighted by atomic mass is 14.1. The van der Waals surface area contributed by atoms with Gasteiger partial charge >= 0.3 is 0 Å². The fraction of sp³-hybridized carbons (Fsp3) is 0.400. The van der Waals surface area contributed by atoms with Crippen LogP contribution in [-0.2, 0) is 12.8 Å². The number of hydrogen-bond acceptors (Lipinski definition) is 0. The van der Waals surface area contributed by atoms with E-state index >= 15 is 0 Å². The maximum atomic E-state index is 2.32. The quantitative estimate of drug-likeness (QED) is 0.585. The first-order valence-corrected chi connectivity index (χ1v) is 7.46. The van der Waals surface area contributed by atoms with Crippen molar-refractivity contribution in [3.63, 3.8) is 0 Å². The predicted octanol–water partition coefficient (Wildman–Crippen LogP) is 5.91. The summed E-state index contributed by atoms with van der Waals surface area (Å²) < 4.78 is 0. The normalized spacial score (nSPS) is 10.3. The van der Waals surface area contributed by atoms with Crippen molar-refractivity contribution in [2.75, 3.05) is 0 Å². The van der Waals surface area contributed by atoms with E-state index in [-0.39, 0.29) is 7.43 Å². The van der Waals surface area contributed by atoms with Gasteiger partial charge in [-0.3, -0.25) is 0 Å². The maximum Gasteiger partial charge on any atom is -0.0276 e. The summed E-state index contributed by atoms with van der Waals surface area (Å²) in [5.41, 5.74) is 2.95. The van der Waals surface area contributed by atoms with Crippen molar-refractivity contribution >= 4 is 0 Å². The summed E-state index contributed by atoms with van der Waals surface area (Å²) in [4.78, 5) is 0. The molecule has 0 radical (unpaired) electrons. The Morgan fingerprint density at radius 3 is 1.45 bits per heavy atom. The van der Waals surface area contributed by atoms with Crippen LogP contribution < -0.4 is 0 Å². The van der Waals surface area contributed by atoms with Crippen LogP contribution in [0.1, 0.15) is 44.7 Å². The van der Waals surface area contributed by atoms with E-state index in [1.54, 1.807) is 0 Å². The van der Waals surface area contributed by atoms with Crippen molar-refractivity contribution in [1.29, 1.82) is 0 Å². The molecule has 2 rings (SSSR count). The van der Waals surface area contributed by atoms with E-state index in [0.29, 0.717) is 0 Å². The molecule has 0 atom stereocenters. The summed E-state index contributed by atoms with van der Waals surface area (Å²) in [6.45, 7) is 2.32. The van der Waals surface area contributed by atoms with Gasteiger partial charge in [0.25, 0.3) is 0 Å². The Morgan fingerprint density at radius 2 is 1.10 bits per heavy atom. The lowest BCUT2D eigenvalue weighted by Crippen LogP contribution is -2.03. The lowest BCUT2D eigenvalue weighted by molar-refractivity contribution is 0.437. The minimum absolute atomic E-state index is 0. The molecule has 0 unspecified atom stereocenters. The highest BCUT2D eigenvalue weighted by Crippen LogP contribution is 2.19. The van der Waals surface area contributed by atoms with E-state index in [0.717, 1.165) is 5.92 Å². The van der Waals surface area contributed by atoms with Crippen molar-refractivity contribution in [2.45, 2.75) is 46.5 Å². The number of hydrogen-bond donors (Lipinski definition) is 0. The van der Waals surface area contributed by atoms with E-state index in [9.17, 15) is 0 Å². The van der Waals surface area contributed by atoms with Gasteiger partial charge in [-0.15, -0.1) is 0 Å². The molecule has 0 heterocycles. The SMILES string of the molecule is C.CCC(CCc1ccccc1)CCc1ccccc1. The van der Waals surface area contributed by atoms with Crippen molar-refractivity contribution in [3.8, 4) is 0 Å². The zero-order valence-electron chi connectivity index (χ0n) is 11.9. The molecule has 0 aliphatic heterocycles. The van der Waals surface area contributed by atoms with Gasteiger partial charge in [0.2, 0.25) is 0 Å². The Morgan fingerprint density at radius 1 is 0.700 bits per heavy atom. The van der Waals surface area contributed by atoms with E-state index in [1.165, 1.54) is 43.2 Å². The van der Waals surface area contributed by atoms with Crippen LogP contribution in [-0.4, -0.2) is 0 Å². The van der Waals surface area contributed by atoms with E-state index in [1.807, 2.05) is 0 Å². The van der Waals surface area contributed by atoms with Crippen molar-refractivity contribution in [2.24, 2.45) is 5.92 Å². The fourth-order valence-electron chi connectivity index (χ4n) is 2.58. The molecule has 108 valence electrons. The molecule has 0 N–H and O–H groups in total. The molecule has 2 aromatic rings. The third-order valence-electron chi connectivity index (χ3n) is 3.95. The van der Waals surface area contributed by atoms with Crippen LogP contribution >= 0.6 is 0 Å². The number of aryl methyl sites for hydroxylation is 2. The molecule has 0 spiro atoms. The van der Waals surface area contributed by atoms with Crippen LogP contribution in [0.4, 0.5) is 0 Å². The Labute approximate surface area is 124 Å². The van der Waals surface area contributed by atoms with Crippen LogP contribution in [0.3, 0.4) is 0 Å². The topological polar surface area (TPSA) is 0 Å². The lowest BCUT2D eigenvalue weighted by atomic mass is 9.91. The summed E-state index contributed by atoms with van der Waals surface area (Å²) in [6.07, 6.45) is 6.35. The standard InChI is InChI=1S/C19H24.CH4/c1-2-17(13-15-18-9-5-3-6-10-18)14-16-19-11-7-4-8-12-19;/h3-12,17H,2,13-16H2,1H3;1H4. The van der Waals surface area contributed by atoms with Gasteiger partial charge in [-0.25, -0.2) is 0 Å². The summed E-state index contributed by atoms with van der Waals surface area (Å²) >= 11 is 0. The van der Waals surface area contributed by atoms with Crippen LogP contribution in [0, 0.1) is 5.92 Å². The Hall–Kier alpha value is -1.56. The van der Waals surface area contributed by atoms with Crippen LogP contribution in [0.25, 0.3) is 0 Å². The summed E-state index contributed by atoms with van der Waals surface area (Å²) in [5.74, 6) is 0.848. The molecule has 0 aromatic heterocycles. The zero-order valence-corrected chi connectivity index (χ0v) is 11.9. The van der Waals surface area contributed by atoms with Gasteiger partial charge in [0.05, 0.1) is 0 Å². The minimum Gasteiger partial charge on any atom is -0.0776 e. The molecule has 20 heavy (non-hydrogen) atoms. The highest BCUT2D eigenvalue weighted by Gasteiger charge is 2.07. The predicted molar refractivity (Wildman–Crippen MR) is 90.0 cm³/mol. The van der Waals surface area contributed by atoms with Crippen molar-refractivity contribution in [1.82, 2.24) is 0 Å². The Balaban J connectivity index is 0.00000200. The number of benzene rings is 2. The Bertz CT molecular complexity index is 400. The lowest BCUT2D eigenvalue weighted by Gasteiger charge is -2.14. The van der Waals surface area contributed by atoms with Gasteiger partial charge < -0.3 is 0 Å². The van der Waals surface area contributed by atoms with Crippen molar-refractivity contribution in [3.05, 3.63) is 71.8 Å². The van der Waals surface area contributed by atoms with E-state index in [2.05, 4.69) is 67.6 Å². The largest absolute Gasteiger partial charge is 0.0776 e. The molecule has 0 heteroatoms. The molecule has 0 saturated carbocycles. The van der Waals surface area contributed by atoms with Crippen molar-refractivity contribution < 1.29 is 0 Å². The molecule has 0 nitrogen and oxygen atoms in total. The monoisotopic (exact) mass is 268 g/mol. The smallest absolute Gasteiger partial charge is 0.0276 e. The van der Waals surface area contributed by atoms with Gasteiger partial charge in [-0.2, -0.15) is 0 Å². The molecule has 0 saturated heterocycles. The average Bonchev–Trinajstić information content (AvgIpc) is 2.49. The third-order valence-corrected chi connectivity index (χ3v) is 3.95. The van der Waals surface area contributed by atoms with Gasteiger partial charge in [-0.1, -0.05) is 81.4 Å². The zero-order chi connectivity index (χ0) is 13.3. The Kier molecular flexibility index (Phi) is 7.72. The highest BCUT2D eigenvalue weighted by molar-refractivity contribution is 5.15. The molecule has 0 amide bonds. The second-order valence-electron chi connectivity index (χ2n) is 5.32. The fourth-order valence-corrected chi connectivity index (χ4v) is 2.58. The molecule has 0 fully saturated rings. The van der Waals surface area contributed by atoms with Gasteiger partial charge in [0, 0.05) is 0 Å². The second kappa shape index (κ2) is 9.36. The van der Waals surface area contributed by atoms with E-state index < -0.39 is 0 Å². The van der Waals surface area contributed by atoms with Gasteiger partial charge in [0.1, 0.15) is 0 Å². The van der Waals surface area contributed by atoms with Gasteiger partial charge in [-0.05, 0) is 42.7 Å². The van der Waals surface area contributed by atoms with Gasteiger partial charge in [0.15, 0.2) is 0 Å². The van der Waals surface area contributed by atoms with E-state index in [4.69, 9.17) is 0 Å². The molecule has 2 aromatic carbocycles. The average molecular weight is 268 g/mol. The second-order valence-corrected chi connectivity index (χ2v) is 5.32. The molecule has 0 bridgehead atoms. The summed E-state index contributed by atoms with van der Waals surface area (Å²) in [5, 5.41) is 0. The molecular formula is C20H28. The molecule has 0 aliphatic rings. The molecular weight excluding hydrogens is 240 g/mol. The maximum absolute atomic E-state index is 2.32. The first kappa shape index (κ1) is 16.5. The van der Waals surface area contributed by atoms with Crippen LogP contribution in [0.15, 0.2) is 60.7 Å². The first-order valence-electron chi connectivity index (χ1n) is 7.46. The summed E-state index contributed by atoms with van der Waals surface area (Å²) in [7, 11) is 0. The first-order chi connectivity index (χ1) is 9.38. The summed E-state index contributed by atoms with van der Waals surface area (Å²) in [6, 6.07) is 21.7.